The van der Waals surface area contributed by atoms with Crippen LogP contribution >= 0.6 is 23.4 Å². The van der Waals surface area contributed by atoms with E-state index in [1.165, 1.54) is 11.8 Å². The van der Waals surface area contributed by atoms with Crippen molar-refractivity contribution in [1.29, 1.82) is 0 Å². The summed E-state index contributed by atoms with van der Waals surface area (Å²) in [6.07, 6.45) is 1.79. The number of hydrogen-bond donors (Lipinski definition) is 0. The smallest absolute Gasteiger partial charge is 0.192 e. The van der Waals surface area contributed by atoms with Crippen molar-refractivity contribution in [2.24, 2.45) is 0 Å². The normalized spacial score (nSPS) is 10.6. The molecule has 0 spiro atoms. The van der Waals surface area contributed by atoms with E-state index in [1.54, 1.807) is 30.3 Å². The van der Waals surface area contributed by atoms with Gasteiger partial charge in [0.15, 0.2) is 16.8 Å². The SMILES string of the molecule is C=CCn1c(SCC(=O)c2ccccc2Cl)nnc1-c1ccccc1. The molecule has 0 saturated heterocycles. The van der Waals surface area contributed by atoms with Crippen LogP contribution in [0.25, 0.3) is 11.4 Å². The lowest BCUT2D eigenvalue weighted by atomic mass is 10.1. The molecule has 0 amide bonds. The third-order valence-corrected chi connectivity index (χ3v) is 4.86. The number of halogens is 1. The van der Waals surface area contributed by atoms with Crippen LogP contribution in [0.4, 0.5) is 0 Å². The van der Waals surface area contributed by atoms with Crippen LogP contribution in [0.3, 0.4) is 0 Å². The zero-order valence-electron chi connectivity index (χ0n) is 13.4. The predicted octanol–water partition coefficient (Wildman–Crippen LogP) is 4.76. The van der Waals surface area contributed by atoms with Crippen LogP contribution in [0.5, 0.6) is 0 Å². The maximum absolute atomic E-state index is 12.4. The average Bonchev–Trinajstić information content (AvgIpc) is 3.04. The Kier molecular flexibility index (Phi) is 5.68. The second-order valence-electron chi connectivity index (χ2n) is 5.26. The summed E-state index contributed by atoms with van der Waals surface area (Å²) in [6.45, 7) is 4.37. The van der Waals surface area contributed by atoms with Crippen LogP contribution in [0.2, 0.25) is 5.02 Å². The van der Waals surface area contributed by atoms with Gasteiger partial charge in [-0.2, -0.15) is 0 Å². The van der Waals surface area contributed by atoms with Crippen molar-refractivity contribution in [1.82, 2.24) is 14.8 Å². The molecule has 3 rings (SSSR count). The van der Waals surface area contributed by atoms with E-state index in [1.807, 2.05) is 34.9 Å². The summed E-state index contributed by atoms with van der Waals surface area (Å²) in [5.41, 5.74) is 1.50. The summed E-state index contributed by atoms with van der Waals surface area (Å²) in [7, 11) is 0. The molecule has 0 aliphatic carbocycles. The molecule has 0 aliphatic rings. The lowest BCUT2D eigenvalue weighted by Crippen LogP contribution is -2.06. The van der Waals surface area contributed by atoms with Crippen LogP contribution in [-0.2, 0) is 6.54 Å². The second kappa shape index (κ2) is 8.14. The lowest BCUT2D eigenvalue weighted by Gasteiger charge is -2.08. The van der Waals surface area contributed by atoms with Crippen molar-refractivity contribution in [2.75, 3.05) is 5.75 Å². The fraction of sp³-hybridized carbons (Fsp3) is 0.105. The van der Waals surface area contributed by atoms with Crippen molar-refractivity contribution in [2.45, 2.75) is 11.7 Å². The van der Waals surface area contributed by atoms with Crippen LogP contribution < -0.4 is 0 Å². The molecular weight excluding hydrogens is 354 g/mol. The number of hydrogen-bond acceptors (Lipinski definition) is 4. The first-order valence-electron chi connectivity index (χ1n) is 7.70. The van der Waals surface area contributed by atoms with E-state index in [9.17, 15) is 4.79 Å². The summed E-state index contributed by atoms with van der Waals surface area (Å²) >= 11 is 7.44. The van der Waals surface area contributed by atoms with Gasteiger partial charge in [0.05, 0.1) is 10.8 Å². The highest BCUT2D eigenvalue weighted by Crippen LogP contribution is 2.25. The third kappa shape index (κ3) is 4.00. The van der Waals surface area contributed by atoms with Crippen LogP contribution in [0, 0.1) is 0 Å². The van der Waals surface area contributed by atoms with E-state index in [2.05, 4.69) is 16.8 Å². The second-order valence-corrected chi connectivity index (χ2v) is 6.61. The molecule has 1 heterocycles. The minimum Gasteiger partial charge on any atom is -0.298 e. The topological polar surface area (TPSA) is 47.8 Å². The molecule has 0 aliphatic heterocycles. The molecule has 0 saturated carbocycles. The fourth-order valence-corrected chi connectivity index (χ4v) is 3.46. The average molecular weight is 370 g/mol. The number of rotatable bonds is 7. The standard InChI is InChI=1S/C19H16ClN3OS/c1-2-12-23-18(14-8-4-3-5-9-14)21-22-19(23)25-13-17(24)15-10-6-7-11-16(15)20/h2-11H,1,12-13H2. The molecule has 25 heavy (non-hydrogen) atoms. The minimum atomic E-state index is -0.0370. The number of ketones is 1. The molecule has 126 valence electrons. The van der Waals surface area contributed by atoms with Crippen molar-refractivity contribution < 1.29 is 4.79 Å². The zero-order valence-corrected chi connectivity index (χ0v) is 15.0. The van der Waals surface area contributed by atoms with Gasteiger partial charge in [0.1, 0.15) is 0 Å². The summed E-state index contributed by atoms with van der Waals surface area (Å²) in [5.74, 6) is 0.964. The Bertz CT molecular complexity index is 893. The predicted molar refractivity (Wildman–Crippen MR) is 102 cm³/mol. The highest BCUT2D eigenvalue weighted by molar-refractivity contribution is 7.99. The number of Topliss-reactive ketones (excluding diaryl/α,β-unsaturated/α-hetero) is 1. The monoisotopic (exact) mass is 369 g/mol. The molecular formula is C19H16ClN3OS. The first-order valence-corrected chi connectivity index (χ1v) is 9.07. The molecule has 2 aromatic carbocycles. The molecule has 6 heteroatoms. The Balaban J connectivity index is 1.81. The quantitative estimate of drug-likeness (QED) is 0.342. The molecule has 1 aromatic heterocycles. The Morgan fingerprint density at radius 2 is 1.84 bits per heavy atom. The van der Waals surface area contributed by atoms with Crippen LogP contribution in [0.15, 0.2) is 72.4 Å². The van der Waals surface area contributed by atoms with Crippen LogP contribution in [0.1, 0.15) is 10.4 Å². The van der Waals surface area contributed by atoms with E-state index < -0.39 is 0 Å². The summed E-state index contributed by atoms with van der Waals surface area (Å²) in [6, 6.07) is 16.9. The Morgan fingerprint density at radius 3 is 2.56 bits per heavy atom. The van der Waals surface area contributed by atoms with E-state index in [0.29, 0.717) is 22.3 Å². The maximum atomic E-state index is 12.4. The molecule has 0 radical (unpaired) electrons. The largest absolute Gasteiger partial charge is 0.298 e. The molecule has 0 atom stereocenters. The molecule has 0 fully saturated rings. The van der Waals surface area contributed by atoms with Crippen molar-refractivity contribution in [3.05, 3.63) is 77.8 Å². The lowest BCUT2D eigenvalue weighted by molar-refractivity contribution is 0.102. The van der Waals surface area contributed by atoms with Gasteiger partial charge in [-0.1, -0.05) is 71.9 Å². The molecule has 3 aromatic rings. The number of benzene rings is 2. The number of thioether (sulfide) groups is 1. The minimum absolute atomic E-state index is 0.0370. The summed E-state index contributed by atoms with van der Waals surface area (Å²) in [5, 5.41) is 9.67. The first kappa shape index (κ1) is 17.5. The van der Waals surface area contributed by atoms with Gasteiger partial charge >= 0.3 is 0 Å². The molecule has 0 bridgehead atoms. The van der Waals surface area contributed by atoms with Gasteiger partial charge in [0.25, 0.3) is 0 Å². The van der Waals surface area contributed by atoms with Gasteiger partial charge in [0, 0.05) is 17.7 Å². The molecule has 4 nitrogen and oxygen atoms in total. The van der Waals surface area contributed by atoms with Gasteiger partial charge in [0.2, 0.25) is 0 Å². The van der Waals surface area contributed by atoms with Crippen molar-refractivity contribution >= 4 is 29.1 Å². The molecule has 0 N–H and O–H groups in total. The van der Waals surface area contributed by atoms with Crippen molar-refractivity contribution in [3.63, 3.8) is 0 Å². The summed E-state index contributed by atoms with van der Waals surface area (Å²) in [4.78, 5) is 12.4. The van der Waals surface area contributed by atoms with Gasteiger partial charge < -0.3 is 0 Å². The van der Waals surface area contributed by atoms with Crippen molar-refractivity contribution in [3.8, 4) is 11.4 Å². The van der Waals surface area contributed by atoms with E-state index in [0.717, 1.165) is 11.4 Å². The van der Waals surface area contributed by atoms with Gasteiger partial charge in [-0.3, -0.25) is 9.36 Å². The fourth-order valence-electron chi connectivity index (χ4n) is 2.39. The van der Waals surface area contributed by atoms with E-state index in [-0.39, 0.29) is 11.5 Å². The number of carbonyl (C=O) groups excluding carboxylic acids is 1. The highest BCUT2D eigenvalue weighted by Gasteiger charge is 2.16. The third-order valence-electron chi connectivity index (χ3n) is 3.57. The zero-order chi connectivity index (χ0) is 17.6. The number of carbonyl (C=O) groups is 1. The first-order chi connectivity index (χ1) is 12.2. The molecule has 0 unspecified atom stereocenters. The Hall–Kier alpha value is -2.37. The van der Waals surface area contributed by atoms with E-state index in [4.69, 9.17) is 11.6 Å². The Labute approximate surface area is 155 Å². The van der Waals surface area contributed by atoms with Crippen LogP contribution in [-0.4, -0.2) is 26.3 Å². The van der Waals surface area contributed by atoms with Gasteiger partial charge in [-0.05, 0) is 12.1 Å². The Morgan fingerprint density at radius 1 is 1.12 bits per heavy atom. The number of allylic oxidation sites excluding steroid dienone is 1. The number of nitrogens with zero attached hydrogens (tertiary/aromatic N) is 3. The van der Waals surface area contributed by atoms with E-state index >= 15 is 0 Å². The maximum Gasteiger partial charge on any atom is 0.192 e. The van der Waals surface area contributed by atoms with Gasteiger partial charge in [-0.15, -0.1) is 16.8 Å². The number of aromatic nitrogens is 3. The summed E-state index contributed by atoms with van der Waals surface area (Å²) < 4.78 is 1.95. The van der Waals surface area contributed by atoms with Gasteiger partial charge in [-0.25, -0.2) is 0 Å². The highest BCUT2D eigenvalue weighted by atomic mass is 35.5.